The molecule has 3 aromatic rings. The number of halogens is 1. The second-order valence-corrected chi connectivity index (χ2v) is 11.4. The van der Waals surface area contributed by atoms with Crippen molar-refractivity contribution in [2.45, 2.75) is 38.1 Å². The molecule has 1 saturated heterocycles. The van der Waals surface area contributed by atoms with Crippen LogP contribution in [-0.2, 0) is 21.2 Å². The van der Waals surface area contributed by atoms with Crippen molar-refractivity contribution < 1.29 is 13.2 Å². The molecule has 0 bridgehead atoms. The summed E-state index contributed by atoms with van der Waals surface area (Å²) < 4.78 is 32.6. The van der Waals surface area contributed by atoms with Gasteiger partial charge in [-0.05, 0) is 37.6 Å². The average molecular weight is 520 g/mol. The van der Waals surface area contributed by atoms with Crippen molar-refractivity contribution in [1.82, 2.24) is 13.7 Å². The van der Waals surface area contributed by atoms with Crippen LogP contribution in [0.2, 0.25) is 5.02 Å². The van der Waals surface area contributed by atoms with E-state index in [1.165, 1.54) is 46.5 Å². The molecule has 1 atom stereocenters. The minimum Gasteiger partial charge on any atom is -0.344 e. The first-order valence-electron chi connectivity index (χ1n) is 10.9. The van der Waals surface area contributed by atoms with E-state index < -0.39 is 10.0 Å². The molecule has 1 unspecified atom stereocenters. The van der Waals surface area contributed by atoms with Gasteiger partial charge >= 0.3 is 0 Å². The van der Waals surface area contributed by atoms with Gasteiger partial charge in [-0.15, -0.1) is 0 Å². The van der Waals surface area contributed by atoms with Crippen LogP contribution in [0.25, 0.3) is 0 Å². The summed E-state index contributed by atoms with van der Waals surface area (Å²) in [6.45, 7) is 6.65. The van der Waals surface area contributed by atoms with Crippen LogP contribution in [0.15, 0.2) is 47.4 Å². The van der Waals surface area contributed by atoms with Gasteiger partial charge < -0.3 is 10.2 Å². The number of carbonyl (C=O) groups is 1. The predicted octanol–water partition coefficient (Wildman–Crippen LogP) is 3.95. The highest BCUT2D eigenvalue weighted by Crippen LogP contribution is 2.30. The molecule has 1 aliphatic heterocycles. The predicted molar refractivity (Wildman–Crippen MR) is 135 cm³/mol. The van der Waals surface area contributed by atoms with Crippen molar-refractivity contribution in [3.05, 3.63) is 64.4 Å². The van der Waals surface area contributed by atoms with Crippen LogP contribution < -0.4 is 10.2 Å². The van der Waals surface area contributed by atoms with E-state index in [0.717, 1.165) is 16.5 Å². The summed E-state index contributed by atoms with van der Waals surface area (Å²) in [4.78, 5) is 18.2. The first-order chi connectivity index (χ1) is 16.1. The lowest BCUT2D eigenvalue weighted by Gasteiger charge is -2.38. The molecule has 2 aromatic carbocycles. The molecule has 0 saturated carbocycles. The molecular formula is C23H26ClN5O3S2. The van der Waals surface area contributed by atoms with Crippen LogP contribution >= 0.6 is 23.1 Å². The Morgan fingerprint density at radius 3 is 2.59 bits per heavy atom. The monoisotopic (exact) mass is 519 g/mol. The number of amides is 1. The van der Waals surface area contributed by atoms with E-state index in [4.69, 9.17) is 11.6 Å². The van der Waals surface area contributed by atoms with E-state index in [-0.39, 0.29) is 21.9 Å². The van der Waals surface area contributed by atoms with E-state index in [0.29, 0.717) is 31.7 Å². The van der Waals surface area contributed by atoms with Gasteiger partial charge in [0.15, 0.2) is 0 Å². The van der Waals surface area contributed by atoms with Crippen LogP contribution in [0.1, 0.15) is 30.8 Å². The van der Waals surface area contributed by atoms with Crippen molar-refractivity contribution in [2.24, 2.45) is 0 Å². The number of benzene rings is 2. The molecule has 1 fully saturated rings. The maximum Gasteiger partial charge on any atom is 0.243 e. The van der Waals surface area contributed by atoms with E-state index in [9.17, 15) is 13.2 Å². The summed E-state index contributed by atoms with van der Waals surface area (Å²) in [5.41, 5.74) is 2.74. The van der Waals surface area contributed by atoms with Crippen LogP contribution in [0.5, 0.6) is 0 Å². The molecule has 11 heteroatoms. The fraction of sp³-hybridized carbons (Fsp3) is 0.348. The number of hydrogen-bond donors (Lipinski definition) is 1. The lowest BCUT2D eigenvalue weighted by Crippen LogP contribution is -2.54. The Morgan fingerprint density at radius 2 is 1.94 bits per heavy atom. The number of aryl methyl sites for hydroxylation is 1. The highest BCUT2D eigenvalue weighted by molar-refractivity contribution is 7.89. The zero-order valence-corrected chi connectivity index (χ0v) is 21.5. The van der Waals surface area contributed by atoms with Crippen molar-refractivity contribution in [3.8, 4) is 0 Å². The van der Waals surface area contributed by atoms with Gasteiger partial charge in [0.2, 0.25) is 21.1 Å². The van der Waals surface area contributed by atoms with E-state index in [1.54, 1.807) is 0 Å². The number of nitrogens with zero attached hydrogens (tertiary/aromatic N) is 4. The number of hydrogen-bond acceptors (Lipinski definition) is 7. The number of rotatable bonds is 6. The van der Waals surface area contributed by atoms with Crippen molar-refractivity contribution in [1.29, 1.82) is 0 Å². The Hall–Kier alpha value is -2.53. The number of carbonyl (C=O) groups excluding carboxylic acids is 1. The Balaban J connectivity index is 1.44. The smallest absolute Gasteiger partial charge is 0.243 e. The fourth-order valence-corrected chi connectivity index (χ4v) is 6.54. The Bertz CT molecular complexity index is 1290. The molecule has 1 N–H and O–H groups in total. The molecule has 2 heterocycles. The molecule has 0 aliphatic carbocycles. The first-order valence-corrected chi connectivity index (χ1v) is 13.4. The van der Waals surface area contributed by atoms with Gasteiger partial charge in [0, 0.05) is 50.6 Å². The van der Waals surface area contributed by atoms with Crippen LogP contribution in [0.4, 0.5) is 10.8 Å². The fourth-order valence-electron chi connectivity index (χ4n) is 3.89. The number of piperazine rings is 1. The summed E-state index contributed by atoms with van der Waals surface area (Å²) in [6.07, 6.45) is 0.663. The molecule has 0 spiro atoms. The zero-order valence-electron chi connectivity index (χ0n) is 19.2. The van der Waals surface area contributed by atoms with Gasteiger partial charge in [-0.25, -0.2) is 13.4 Å². The minimum absolute atomic E-state index is 0.100. The number of nitrogens with one attached hydrogen (secondary N) is 1. The lowest BCUT2D eigenvalue weighted by molar-refractivity contribution is -0.114. The van der Waals surface area contributed by atoms with Crippen molar-refractivity contribution in [2.75, 3.05) is 29.9 Å². The van der Waals surface area contributed by atoms with Gasteiger partial charge in [0.25, 0.3) is 0 Å². The van der Waals surface area contributed by atoms with Crippen LogP contribution in [0, 0.1) is 6.92 Å². The van der Waals surface area contributed by atoms with Crippen molar-refractivity contribution in [3.63, 3.8) is 0 Å². The third-order valence-electron chi connectivity index (χ3n) is 5.64. The maximum atomic E-state index is 13.3. The lowest BCUT2D eigenvalue weighted by atomic mass is 10.1. The molecule has 1 aliphatic rings. The van der Waals surface area contributed by atoms with Gasteiger partial charge in [-0.3, -0.25) is 4.79 Å². The number of aromatic nitrogens is 2. The average Bonchev–Trinajstić information content (AvgIpc) is 3.24. The quantitative estimate of drug-likeness (QED) is 0.530. The minimum atomic E-state index is -3.75. The van der Waals surface area contributed by atoms with Gasteiger partial charge in [-0.2, -0.15) is 8.68 Å². The van der Waals surface area contributed by atoms with Crippen LogP contribution in [-0.4, -0.2) is 53.7 Å². The molecule has 0 radical (unpaired) electrons. The third-order valence-corrected chi connectivity index (χ3v) is 8.77. The second-order valence-electron chi connectivity index (χ2n) is 8.39. The normalized spacial score (nSPS) is 17.1. The molecule has 180 valence electrons. The second kappa shape index (κ2) is 9.99. The topological polar surface area (TPSA) is 95.5 Å². The molecule has 1 aromatic heterocycles. The SMILES string of the molecule is CC(=O)Nc1ccc(S(=O)(=O)N2CCN(c3nc(Cc4ccc(C)cc4)ns3)CC2C)cc1Cl. The Kier molecular flexibility index (Phi) is 7.22. The maximum absolute atomic E-state index is 13.3. The zero-order chi connectivity index (χ0) is 24.5. The molecule has 4 rings (SSSR count). The highest BCUT2D eigenvalue weighted by atomic mass is 35.5. The van der Waals surface area contributed by atoms with Crippen LogP contribution in [0.3, 0.4) is 0 Å². The molecule has 8 nitrogen and oxygen atoms in total. The summed E-state index contributed by atoms with van der Waals surface area (Å²) in [5.74, 6) is 0.487. The largest absolute Gasteiger partial charge is 0.344 e. The molecule has 1 amide bonds. The van der Waals surface area contributed by atoms with E-state index >= 15 is 0 Å². The van der Waals surface area contributed by atoms with Gasteiger partial charge in [0.05, 0.1) is 15.6 Å². The summed E-state index contributed by atoms with van der Waals surface area (Å²) >= 11 is 7.55. The van der Waals surface area contributed by atoms with E-state index in [2.05, 4.69) is 50.8 Å². The van der Waals surface area contributed by atoms with Gasteiger partial charge in [-0.1, -0.05) is 41.4 Å². The Labute approximate surface area is 208 Å². The molecule has 34 heavy (non-hydrogen) atoms. The number of sulfonamides is 1. The molecular weight excluding hydrogens is 494 g/mol. The standard InChI is InChI=1S/C23H26ClN5O3S2/c1-15-4-6-18(7-5-15)12-22-26-23(33-27-22)28-10-11-29(16(2)14-28)34(31,32)19-8-9-21(20(24)13-19)25-17(3)30/h4-9,13,16H,10-12,14H2,1-3H3,(H,25,30). The first kappa shape index (κ1) is 24.6. The summed E-state index contributed by atoms with van der Waals surface area (Å²) in [6, 6.07) is 12.4. The third kappa shape index (κ3) is 5.41. The van der Waals surface area contributed by atoms with Gasteiger partial charge in [0.1, 0.15) is 5.82 Å². The summed E-state index contributed by atoms with van der Waals surface area (Å²) in [7, 11) is -3.75. The Morgan fingerprint density at radius 1 is 1.21 bits per heavy atom. The number of anilines is 2. The summed E-state index contributed by atoms with van der Waals surface area (Å²) in [5, 5.41) is 3.56. The van der Waals surface area contributed by atoms with Crippen molar-refractivity contribution >= 4 is 49.9 Å². The van der Waals surface area contributed by atoms with E-state index in [1.807, 2.05) is 6.92 Å². The highest BCUT2D eigenvalue weighted by Gasteiger charge is 2.35.